The number of benzene rings is 1. The smallest absolute Gasteiger partial charge is 0.226 e. The number of nitrogens with zero attached hydrogens (tertiary/aromatic N) is 2. The number of aromatic nitrogens is 2. The Morgan fingerprint density at radius 2 is 2.06 bits per heavy atom. The van der Waals surface area contributed by atoms with Crippen LogP contribution in [0.25, 0.3) is 10.9 Å². The molecule has 1 heterocycles. The Kier molecular flexibility index (Phi) is 2.55. The summed E-state index contributed by atoms with van der Waals surface area (Å²) in [4.78, 5) is 8.36. The van der Waals surface area contributed by atoms with Gasteiger partial charge in [-0.1, -0.05) is 18.6 Å². The molecule has 3 rings (SSSR count). The fraction of sp³-hybridized carbons (Fsp3) is 0.385. The van der Waals surface area contributed by atoms with Crippen LogP contribution < -0.4 is 10.5 Å². The van der Waals surface area contributed by atoms with E-state index in [1.807, 2.05) is 24.3 Å². The number of hydrogen-bond acceptors (Lipinski definition) is 4. The Hall–Kier alpha value is -1.84. The first-order valence-electron chi connectivity index (χ1n) is 5.98. The predicted octanol–water partition coefficient (Wildman–Crippen LogP) is 2.39. The fourth-order valence-electron chi connectivity index (χ4n) is 2.03. The van der Waals surface area contributed by atoms with Crippen LogP contribution in [0.2, 0.25) is 0 Å². The number of hydrogen-bond donors (Lipinski definition) is 1. The van der Waals surface area contributed by atoms with Gasteiger partial charge < -0.3 is 10.5 Å². The zero-order valence-corrected chi connectivity index (χ0v) is 9.60. The molecule has 0 aliphatic heterocycles. The molecule has 0 amide bonds. The molecular formula is C13H15N3O. The van der Waals surface area contributed by atoms with Crippen LogP contribution in [-0.4, -0.2) is 16.6 Å². The van der Waals surface area contributed by atoms with Crippen molar-refractivity contribution in [2.45, 2.75) is 19.3 Å². The summed E-state index contributed by atoms with van der Waals surface area (Å²) in [6.07, 6.45) is 3.84. The Balaban J connectivity index is 1.90. The van der Waals surface area contributed by atoms with Gasteiger partial charge in [-0.25, -0.2) is 4.98 Å². The lowest BCUT2D eigenvalue weighted by Gasteiger charge is -2.25. The van der Waals surface area contributed by atoms with E-state index in [1.165, 1.54) is 19.3 Å². The maximum atomic E-state index is 5.77. The minimum absolute atomic E-state index is 0.271. The van der Waals surface area contributed by atoms with Gasteiger partial charge in [-0.3, -0.25) is 0 Å². The van der Waals surface area contributed by atoms with Crippen molar-refractivity contribution in [3.8, 4) is 5.88 Å². The van der Waals surface area contributed by atoms with E-state index in [-0.39, 0.29) is 5.95 Å². The molecule has 2 aromatic rings. The van der Waals surface area contributed by atoms with Gasteiger partial charge in [0.25, 0.3) is 0 Å². The summed E-state index contributed by atoms with van der Waals surface area (Å²) in [6, 6.07) is 7.77. The summed E-state index contributed by atoms with van der Waals surface area (Å²) < 4.78 is 5.77. The van der Waals surface area contributed by atoms with Crippen molar-refractivity contribution in [1.82, 2.24) is 9.97 Å². The minimum atomic E-state index is 0.271. The van der Waals surface area contributed by atoms with Crippen molar-refractivity contribution < 1.29 is 4.74 Å². The van der Waals surface area contributed by atoms with E-state index in [0.29, 0.717) is 11.8 Å². The third-order valence-electron chi connectivity index (χ3n) is 3.27. The quantitative estimate of drug-likeness (QED) is 0.877. The zero-order valence-electron chi connectivity index (χ0n) is 9.60. The molecule has 88 valence electrons. The number of nitrogens with two attached hydrogens (primary N) is 1. The van der Waals surface area contributed by atoms with E-state index in [9.17, 15) is 0 Å². The Labute approximate surface area is 99.8 Å². The highest BCUT2D eigenvalue weighted by Gasteiger charge is 2.18. The molecule has 1 aromatic carbocycles. The molecule has 1 aliphatic rings. The molecule has 0 radical (unpaired) electrons. The average Bonchev–Trinajstić information content (AvgIpc) is 2.26. The summed E-state index contributed by atoms with van der Waals surface area (Å²) in [5, 5.41) is 0.932. The molecular weight excluding hydrogens is 214 g/mol. The highest BCUT2D eigenvalue weighted by molar-refractivity contribution is 5.84. The molecule has 0 bridgehead atoms. The van der Waals surface area contributed by atoms with Crippen LogP contribution >= 0.6 is 0 Å². The van der Waals surface area contributed by atoms with Crippen LogP contribution in [0.3, 0.4) is 0 Å². The highest BCUT2D eigenvalue weighted by Crippen LogP contribution is 2.28. The standard InChI is InChI=1S/C13H15N3O/c14-13-15-11-7-2-1-6-10(11)12(16-13)17-8-9-4-3-5-9/h1-2,6-7,9H,3-5,8H2,(H2,14,15,16). The summed E-state index contributed by atoms with van der Waals surface area (Å²) in [5.41, 5.74) is 6.51. The largest absolute Gasteiger partial charge is 0.477 e. The van der Waals surface area contributed by atoms with Gasteiger partial charge in [0, 0.05) is 0 Å². The van der Waals surface area contributed by atoms with Crippen molar-refractivity contribution in [2.75, 3.05) is 12.3 Å². The number of fused-ring (bicyclic) bond motifs is 1. The van der Waals surface area contributed by atoms with Gasteiger partial charge in [0.05, 0.1) is 17.5 Å². The van der Waals surface area contributed by atoms with Gasteiger partial charge in [-0.15, -0.1) is 0 Å². The SMILES string of the molecule is Nc1nc(OCC2CCC2)c2ccccc2n1. The number of rotatable bonds is 3. The van der Waals surface area contributed by atoms with Crippen molar-refractivity contribution in [2.24, 2.45) is 5.92 Å². The zero-order chi connectivity index (χ0) is 11.7. The molecule has 4 nitrogen and oxygen atoms in total. The number of nitrogen functional groups attached to an aromatic ring is 1. The fourth-order valence-corrected chi connectivity index (χ4v) is 2.03. The monoisotopic (exact) mass is 229 g/mol. The van der Waals surface area contributed by atoms with Crippen LogP contribution in [0.4, 0.5) is 5.95 Å². The Morgan fingerprint density at radius 1 is 1.24 bits per heavy atom. The maximum Gasteiger partial charge on any atom is 0.226 e. The molecule has 1 saturated carbocycles. The molecule has 0 unspecified atom stereocenters. The lowest BCUT2D eigenvalue weighted by atomic mass is 9.86. The van der Waals surface area contributed by atoms with Gasteiger partial charge in [-0.05, 0) is 30.9 Å². The van der Waals surface area contributed by atoms with Gasteiger partial charge in [0.15, 0.2) is 0 Å². The summed E-state index contributed by atoms with van der Waals surface area (Å²) in [7, 11) is 0. The van der Waals surface area contributed by atoms with Crippen molar-refractivity contribution in [3.05, 3.63) is 24.3 Å². The van der Waals surface area contributed by atoms with Crippen LogP contribution in [0.5, 0.6) is 5.88 Å². The van der Waals surface area contributed by atoms with E-state index in [0.717, 1.165) is 17.5 Å². The van der Waals surface area contributed by atoms with Gasteiger partial charge in [-0.2, -0.15) is 4.98 Å². The molecule has 1 fully saturated rings. The van der Waals surface area contributed by atoms with Crippen molar-refractivity contribution in [1.29, 1.82) is 0 Å². The Morgan fingerprint density at radius 3 is 2.82 bits per heavy atom. The second-order valence-electron chi connectivity index (χ2n) is 4.51. The summed E-state index contributed by atoms with van der Waals surface area (Å²) in [6.45, 7) is 0.737. The first-order valence-corrected chi connectivity index (χ1v) is 5.98. The minimum Gasteiger partial charge on any atom is -0.477 e. The number of ether oxygens (including phenoxy) is 1. The summed E-state index contributed by atoms with van der Waals surface area (Å²) >= 11 is 0. The maximum absolute atomic E-state index is 5.77. The first-order chi connectivity index (χ1) is 8.33. The first kappa shape index (κ1) is 10.3. The normalized spacial score (nSPS) is 15.8. The molecule has 17 heavy (non-hydrogen) atoms. The molecule has 0 saturated heterocycles. The third-order valence-corrected chi connectivity index (χ3v) is 3.27. The van der Waals surface area contributed by atoms with E-state index in [4.69, 9.17) is 10.5 Å². The van der Waals surface area contributed by atoms with E-state index in [1.54, 1.807) is 0 Å². The van der Waals surface area contributed by atoms with E-state index >= 15 is 0 Å². The van der Waals surface area contributed by atoms with Gasteiger partial charge in [0.1, 0.15) is 0 Å². The lowest BCUT2D eigenvalue weighted by molar-refractivity contribution is 0.177. The van der Waals surface area contributed by atoms with Gasteiger partial charge in [0.2, 0.25) is 11.8 Å². The number of para-hydroxylation sites is 1. The lowest BCUT2D eigenvalue weighted by Crippen LogP contribution is -2.19. The van der Waals surface area contributed by atoms with Crippen LogP contribution in [0.1, 0.15) is 19.3 Å². The predicted molar refractivity (Wildman–Crippen MR) is 66.8 cm³/mol. The molecule has 1 aromatic heterocycles. The molecule has 0 atom stereocenters. The average molecular weight is 229 g/mol. The summed E-state index contributed by atoms with van der Waals surface area (Å²) in [5.74, 6) is 1.57. The second kappa shape index (κ2) is 4.20. The van der Waals surface area contributed by atoms with Gasteiger partial charge >= 0.3 is 0 Å². The highest BCUT2D eigenvalue weighted by atomic mass is 16.5. The van der Waals surface area contributed by atoms with Crippen LogP contribution in [0.15, 0.2) is 24.3 Å². The molecule has 2 N–H and O–H groups in total. The number of anilines is 1. The van der Waals surface area contributed by atoms with Crippen LogP contribution in [-0.2, 0) is 0 Å². The topological polar surface area (TPSA) is 61.0 Å². The van der Waals surface area contributed by atoms with E-state index < -0.39 is 0 Å². The molecule has 0 spiro atoms. The van der Waals surface area contributed by atoms with Crippen molar-refractivity contribution in [3.63, 3.8) is 0 Å². The van der Waals surface area contributed by atoms with Crippen molar-refractivity contribution >= 4 is 16.9 Å². The molecule has 4 heteroatoms. The molecule has 1 aliphatic carbocycles. The van der Waals surface area contributed by atoms with E-state index in [2.05, 4.69) is 9.97 Å². The van der Waals surface area contributed by atoms with Crippen LogP contribution in [0, 0.1) is 5.92 Å². The second-order valence-corrected chi connectivity index (χ2v) is 4.51. The third kappa shape index (κ3) is 2.02. The Bertz CT molecular complexity index is 537.